The quantitative estimate of drug-likeness (QED) is 0.688. The van der Waals surface area contributed by atoms with Crippen molar-refractivity contribution in [2.45, 2.75) is 51.9 Å². The molecule has 1 heterocycles. The Morgan fingerprint density at radius 3 is 2.86 bits per heavy atom. The van der Waals surface area contributed by atoms with Gasteiger partial charge in [0, 0.05) is 24.2 Å². The van der Waals surface area contributed by atoms with Gasteiger partial charge in [-0.15, -0.1) is 0 Å². The molecule has 4 heteroatoms. The number of methoxy groups -OCH3 is 1. The number of aromatic nitrogens is 2. The summed E-state index contributed by atoms with van der Waals surface area (Å²) in [6.07, 6.45) is 9.43. The summed E-state index contributed by atoms with van der Waals surface area (Å²) in [6.45, 7) is 4.25. The van der Waals surface area contributed by atoms with Crippen LogP contribution < -0.4 is 4.74 Å². The van der Waals surface area contributed by atoms with Crippen LogP contribution in [-0.2, 0) is 18.3 Å². The summed E-state index contributed by atoms with van der Waals surface area (Å²) in [5, 5.41) is 4.44. The average Bonchev–Trinajstić information content (AvgIpc) is 3.17. The summed E-state index contributed by atoms with van der Waals surface area (Å²) in [4.78, 5) is 13.5. The average molecular weight is 391 g/mol. The number of nitrogens with zero attached hydrogens (tertiary/aromatic N) is 2. The van der Waals surface area contributed by atoms with E-state index in [1.807, 2.05) is 24.9 Å². The molecule has 5 rings (SSSR count). The lowest BCUT2D eigenvalue weighted by Gasteiger charge is -2.48. The molecular formula is C25H30N2O2. The molecule has 1 aromatic carbocycles. The Morgan fingerprint density at radius 2 is 2.14 bits per heavy atom. The van der Waals surface area contributed by atoms with Crippen molar-refractivity contribution in [3.8, 4) is 5.75 Å². The smallest absolute Gasteiger partial charge is 0.165 e. The summed E-state index contributed by atoms with van der Waals surface area (Å²) >= 11 is 0. The number of aryl methyl sites for hydroxylation is 3. The molecule has 4 nitrogen and oxygen atoms in total. The molecular weight excluding hydrogens is 360 g/mol. The largest absolute Gasteiger partial charge is 0.497 e. The number of hydrogen-bond acceptors (Lipinski definition) is 3. The summed E-state index contributed by atoms with van der Waals surface area (Å²) in [6, 6.07) is 6.60. The molecule has 0 bridgehead atoms. The topological polar surface area (TPSA) is 44.1 Å². The van der Waals surface area contributed by atoms with Gasteiger partial charge in [0.25, 0.3) is 0 Å². The first kappa shape index (κ1) is 18.7. The van der Waals surface area contributed by atoms with Crippen LogP contribution in [-0.4, -0.2) is 22.7 Å². The van der Waals surface area contributed by atoms with Gasteiger partial charge in [0.2, 0.25) is 0 Å². The first-order chi connectivity index (χ1) is 13.9. The first-order valence-corrected chi connectivity index (χ1v) is 10.8. The van der Waals surface area contributed by atoms with Crippen LogP contribution in [0, 0.1) is 24.2 Å². The molecule has 3 aliphatic carbocycles. The van der Waals surface area contributed by atoms with Crippen molar-refractivity contribution in [1.82, 2.24) is 9.78 Å². The van der Waals surface area contributed by atoms with Crippen LogP contribution in [0.15, 0.2) is 30.0 Å². The molecule has 0 aliphatic heterocycles. The van der Waals surface area contributed by atoms with Gasteiger partial charge in [0.15, 0.2) is 5.78 Å². The number of ketones is 1. The predicted octanol–water partition coefficient (Wildman–Crippen LogP) is 4.86. The summed E-state index contributed by atoms with van der Waals surface area (Å²) in [7, 11) is 3.67. The zero-order chi connectivity index (χ0) is 20.3. The third-order valence-electron chi connectivity index (χ3n) is 7.95. The fraction of sp³-hybridized carbons (Fsp3) is 0.520. The van der Waals surface area contributed by atoms with E-state index in [0.29, 0.717) is 23.5 Å². The molecule has 0 unspecified atom stereocenters. The summed E-state index contributed by atoms with van der Waals surface area (Å²) in [5.41, 5.74) is 5.82. The van der Waals surface area contributed by atoms with Crippen LogP contribution in [0.25, 0.3) is 6.08 Å². The van der Waals surface area contributed by atoms with Crippen LogP contribution in [0.2, 0.25) is 0 Å². The van der Waals surface area contributed by atoms with Gasteiger partial charge in [0.05, 0.1) is 12.8 Å². The maximum Gasteiger partial charge on any atom is 0.165 e. The van der Waals surface area contributed by atoms with Gasteiger partial charge in [-0.05, 0) is 91.7 Å². The highest BCUT2D eigenvalue weighted by molar-refractivity contribution is 6.06. The molecule has 1 aromatic heterocycles. The molecule has 0 spiro atoms. The van der Waals surface area contributed by atoms with Crippen molar-refractivity contribution in [2.75, 3.05) is 7.11 Å². The highest BCUT2D eigenvalue weighted by Crippen LogP contribution is 2.60. The fourth-order valence-corrected chi connectivity index (χ4v) is 6.43. The van der Waals surface area contributed by atoms with Gasteiger partial charge in [-0.1, -0.05) is 13.0 Å². The lowest BCUT2D eigenvalue weighted by Crippen LogP contribution is -2.42. The maximum atomic E-state index is 13.5. The zero-order valence-electron chi connectivity index (χ0n) is 17.9. The van der Waals surface area contributed by atoms with Crippen LogP contribution in [0.4, 0.5) is 0 Å². The molecule has 29 heavy (non-hydrogen) atoms. The van der Waals surface area contributed by atoms with Gasteiger partial charge >= 0.3 is 0 Å². The van der Waals surface area contributed by atoms with Crippen molar-refractivity contribution in [2.24, 2.45) is 24.3 Å². The third kappa shape index (κ3) is 2.79. The van der Waals surface area contributed by atoms with Gasteiger partial charge in [-0.3, -0.25) is 9.48 Å². The van der Waals surface area contributed by atoms with E-state index in [1.165, 1.54) is 17.5 Å². The van der Waals surface area contributed by atoms with E-state index >= 15 is 0 Å². The van der Waals surface area contributed by atoms with Crippen molar-refractivity contribution in [3.05, 3.63) is 52.4 Å². The summed E-state index contributed by atoms with van der Waals surface area (Å²) in [5.74, 6) is 2.96. The second-order valence-corrected chi connectivity index (χ2v) is 9.48. The number of fused-ring (bicyclic) bond motifs is 5. The van der Waals surface area contributed by atoms with Crippen molar-refractivity contribution >= 4 is 11.9 Å². The van der Waals surface area contributed by atoms with Crippen LogP contribution >= 0.6 is 0 Å². The number of hydrogen-bond donors (Lipinski definition) is 0. The first-order valence-electron chi connectivity index (χ1n) is 10.8. The van der Waals surface area contributed by atoms with Crippen molar-refractivity contribution < 1.29 is 9.53 Å². The molecule has 2 aromatic rings. The molecule has 0 amide bonds. The number of carbonyl (C=O) groups is 1. The van der Waals surface area contributed by atoms with Crippen LogP contribution in [0.1, 0.15) is 60.9 Å². The number of carbonyl (C=O) groups excluding carboxylic acids is 1. The monoisotopic (exact) mass is 390 g/mol. The van der Waals surface area contributed by atoms with E-state index in [4.69, 9.17) is 4.74 Å². The van der Waals surface area contributed by atoms with Gasteiger partial charge < -0.3 is 4.74 Å². The van der Waals surface area contributed by atoms with Gasteiger partial charge in [-0.25, -0.2) is 0 Å². The molecule has 3 aliphatic rings. The number of allylic oxidation sites excluding steroid dienone is 1. The lowest BCUT2D eigenvalue weighted by molar-refractivity contribution is -0.127. The Bertz CT molecular complexity index is 1020. The summed E-state index contributed by atoms with van der Waals surface area (Å²) < 4.78 is 7.27. The zero-order valence-corrected chi connectivity index (χ0v) is 17.9. The SMILES string of the molecule is COc1ccc2c(c1)CC[C@@H]1[C@@H]2CC[C@@]2(C)C(=O)/C(=C/c3cn(C)nc3C)C[C@H]12. The maximum absolute atomic E-state index is 13.5. The Kier molecular flexibility index (Phi) is 4.23. The number of Topliss-reactive ketones (excluding diaryl/α,β-unsaturated/α-hetero) is 1. The van der Waals surface area contributed by atoms with E-state index in [0.717, 1.165) is 48.3 Å². The van der Waals surface area contributed by atoms with E-state index < -0.39 is 0 Å². The minimum atomic E-state index is -0.201. The van der Waals surface area contributed by atoms with Crippen molar-refractivity contribution in [3.63, 3.8) is 0 Å². The number of rotatable bonds is 2. The Hall–Kier alpha value is -2.36. The van der Waals surface area contributed by atoms with Gasteiger partial charge in [-0.2, -0.15) is 5.10 Å². The Balaban J connectivity index is 1.48. The lowest BCUT2D eigenvalue weighted by atomic mass is 9.55. The Labute approximate surface area is 173 Å². The fourth-order valence-electron chi connectivity index (χ4n) is 6.43. The van der Waals surface area contributed by atoms with E-state index in [-0.39, 0.29) is 5.41 Å². The van der Waals surface area contributed by atoms with Crippen molar-refractivity contribution in [1.29, 1.82) is 0 Å². The molecule has 0 radical (unpaired) electrons. The van der Waals surface area contributed by atoms with E-state index in [9.17, 15) is 4.79 Å². The molecule has 152 valence electrons. The van der Waals surface area contributed by atoms with E-state index in [1.54, 1.807) is 7.11 Å². The molecule has 4 atom stereocenters. The molecule has 0 N–H and O–H groups in total. The minimum absolute atomic E-state index is 0.201. The second kappa shape index (κ2) is 6.58. The third-order valence-corrected chi connectivity index (χ3v) is 7.95. The Morgan fingerprint density at radius 1 is 1.31 bits per heavy atom. The number of benzene rings is 1. The molecule has 2 fully saturated rings. The van der Waals surface area contributed by atoms with Crippen LogP contribution in [0.3, 0.4) is 0 Å². The number of ether oxygens (including phenoxy) is 1. The minimum Gasteiger partial charge on any atom is -0.497 e. The van der Waals surface area contributed by atoms with E-state index in [2.05, 4.69) is 36.3 Å². The molecule has 0 saturated heterocycles. The normalized spacial score (nSPS) is 32.1. The van der Waals surface area contributed by atoms with Gasteiger partial charge in [0.1, 0.15) is 5.75 Å². The predicted molar refractivity (Wildman–Crippen MR) is 114 cm³/mol. The second-order valence-electron chi connectivity index (χ2n) is 9.48. The highest BCUT2D eigenvalue weighted by Gasteiger charge is 2.56. The molecule has 2 saturated carbocycles. The highest BCUT2D eigenvalue weighted by atomic mass is 16.5. The van der Waals surface area contributed by atoms with Crippen LogP contribution in [0.5, 0.6) is 5.75 Å². The standard InChI is InChI=1S/C25H30N2O2/c1-15-18(14-27(3)26-15)11-17-13-23-22-7-5-16-12-19(29-4)6-8-20(16)21(22)9-10-25(23,2)24(17)28/h6,8,11-12,14,21-23H,5,7,9-10,13H2,1-4H3/b17-11+/t21-,22-,23-,25-/m1/s1.